The predicted octanol–water partition coefficient (Wildman–Crippen LogP) is 3.00. The molecule has 112 valence electrons. The molecule has 0 amide bonds. The number of fused-ring (bicyclic) bond motifs is 1. The molecule has 0 unspecified atom stereocenters. The fraction of sp³-hybridized carbons (Fsp3) is 0.0526. The average Bonchev–Trinajstić information content (AvgIpc) is 2.58. The predicted molar refractivity (Wildman–Crippen MR) is 86.9 cm³/mol. The van der Waals surface area contributed by atoms with E-state index in [1.807, 2.05) is 0 Å². The van der Waals surface area contributed by atoms with E-state index in [9.17, 15) is 14.0 Å². The summed E-state index contributed by atoms with van der Waals surface area (Å²) in [4.78, 5) is 25.2. The van der Waals surface area contributed by atoms with Crippen LogP contribution in [0.1, 0.15) is 15.9 Å². The van der Waals surface area contributed by atoms with Crippen LogP contribution >= 0.6 is 0 Å². The van der Waals surface area contributed by atoms with E-state index in [2.05, 4.69) is 5.92 Å². The second kappa shape index (κ2) is 5.90. The SMILES string of the molecule is C#CCn1cc(C(=O)c2ccccc2)c(=O)c2cc(F)ccc21. The largest absolute Gasteiger partial charge is 0.335 e. The highest BCUT2D eigenvalue weighted by molar-refractivity contribution is 6.10. The molecule has 2 aromatic carbocycles. The lowest BCUT2D eigenvalue weighted by molar-refractivity contribution is 0.103. The van der Waals surface area contributed by atoms with Crippen LogP contribution in [0.15, 0.2) is 59.5 Å². The number of aromatic nitrogens is 1. The van der Waals surface area contributed by atoms with E-state index in [4.69, 9.17) is 6.42 Å². The van der Waals surface area contributed by atoms with Crippen LogP contribution in [0.5, 0.6) is 0 Å². The van der Waals surface area contributed by atoms with Crippen molar-refractivity contribution in [2.24, 2.45) is 0 Å². The molecular formula is C19H12FNO2. The molecule has 0 bridgehead atoms. The van der Waals surface area contributed by atoms with Crippen molar-refractivity contribution >= 4 is 16.7 Å². The monoisotopic (exact) mass is 305 g/mol. The molecule has 3 nitrogen and oxygen atoms in total. The lowest BCUT2D eigenvalue weighted by Crippen LogP contribution is -2.20. The summed E-state index contributed by atoms with van der Waals surface area (Å²) in [7, 11) is 0. The summed E-state index contributed by atoms with van der Waals surface area (Å²) in [6.07, 6.45) is 6.79. The maximum Gasteiger partial charge on any atom is 0.200 e. The molecule has 0 fully saturated rings. The van der Waals surface area contributed by atoms with Crippen molar-refractivity contribution in [1.29, 1.82) is 0 Å². The number of terminal acetylenes is 1. The van der Waals surface area contributed by atoms with Crippen LogP contribution in [0.4, 0.5) is 4.39 Å². The van der Waals surface area contributed by atoms with Gasteiger partial charge in [0.1, 0.15) is 5.82 Å². The molecule has 0 saturated heterocycles. The first kappa shape index (κ1) is 14.7. The Morgan fingerprint density at radius 1 is 1.17 bits per heavy atom. The molecule has 0 N–H and O–H groups in total. The molecule has 0 atom stereocenters. The zero-order valence-corrected chi connectivity index (χ0v) is 12.1. The van der Waals surface area contributed by atoms with Gasteiger partial charge in [-0.15, -0.1) is 6.42 Å². The van der Waals surface area contributed by atoms with E-state index in [0.29, 0.717) is 11.1 Å². The van der Waals surface area contributed by atoms with Gasteiger partial charge in [-0.3, -0.25) is 9.59 Å². The summed E-state index contributed by atoms with van der Waals surface area (Å²) in [6, 6.07) is 12.3. The summed E-state index contributed by atoms with van der Waals surface area (Å²) < 4.78 is 15.1. The number of benzene rings is 2. The van der Waals surface area contributed by atoms with Crippen molar-refractivity contribution in [2.45, 2.75) is 6.54 Å². The van der Waals surface area contributed by atoms with Gasteiger partial charge >= 0.3 is 0 Å². The van der Waals surface area contributed by atoms with Crippen LogP contribution in [0.3, 0.4) is 0 Å². The zero-order chi connectivity index (χ0) is 16.4. The number of ketones is 1. The van der Waals surface area contributed by atoms with Gasteiger partial charge in [0.05, 0.1) is 17.6 Å². The first-order valence-electron chi connectivity index (χ1n) is 6.97. The van der Waals surface area contributed by atoms with Gasteiger partial charge in [0, 0.05) is 17.1 Å². The van der Waals surface area contributed by atoms with Gasteiger partial charge in [0.2, 0.25) is 5.43 Å². The van der Waals surface area contributed by atoms with Crippen LogP contribution in [-0.2, 0) is 6.54 Å². The van der Waals surface area contributed by atoms with Crippen molar-refractivity contribution in [3.8, 4) is 12.3 Å². The van der Waals surface area contributed by atoms with E-state index in [-0.39, 0.29) is 17.5 Å². The Labute approximate surface area is 132 Å². The number of rotatable bonds is 3. The minimum absolute atomic E-state index is 0.0236. The summed E-state index contributed by atoms with van der Waals surface area (Å²) in [5, 5.41) is 0.141. The van der Waals surface area contributed by atoms with E-state index < -0.39 is 17.0 Å². The Morgan fingerprint density at radius 3 is 2.61 bits per heavy atom. The average molecular weight is 305 g/mol. The molecule has 1 heterocycles. The van der Waals surface area contributed by atoms with Gasteiger partial charge in [-0.1, -0.05) is 36.3 Å². The number of carbonyl (C=O) groups excluding carboxylic acids is 1. The fourth-order valence-corrected chi connectivity index (χ4v) is 2.51. The Morgan fingerprint density at radius 2 is 1.91 bits per heavy atom. The van der Waals surface area contributed by atoms with E-state index in [1.165, 1.54) is 18.3 Å². The Bertz CT molecular complexity index is 998. The standard InChI is InChI=1S/C19H12FNO2/c1-2-10-21-12-16(18(22)13-6-4-3-5-7-13)19(23)15-11-14(20)8-9-17(15)21/h1,3-9,11-12H,10H2. The van der Waals surface area contributed by atoms with Crippen LogP contribution in [0.2, 0.25) is 0 Å². The molecule has 0 aliphatic rings. The van der Waals surface area contributed by atoms with Crippen molar-refractivity contribution in [1.82, 2.24) is 4.57 Å². The fourth-order valence-electron chi connectivity index (χ4n) is 2.51. The van der Waals surface area contributed by atoms with Gasteiger partial charge in [-0.2, -0.15) is 0 Å². The van der Waals surface area contributed by atoms with Crippen molar-refractivity contribution in [2.75, 3.05) is 0 Å². The van der Waals surface area contributed by atoms with Gasteiger partial charge in [-0.25, -0.2) is 4.39 Å². The lowest BCUT2D eigenvalue weighted by atomic mass is 10.0. The van der Waals surface area contributed by atoms with Gasteiger partial charge in [0.25, 0.3) is 0 Å². The third-order valence-corrected chi connectivity index (χ3v) is 3.58. The molecule has 23 heavy (non-hydrogen) atoms. The van der Waals surface area contributed by atoms with Crippen molar-refractivity contribution in [3.05, 3.63) is 81.9 Å². The normalized spacial score (nSPS) is 10.4. The van der Waals surface area contributed by atoms with Gasteiger partial charge in [0.15, 0.2) is 5.78 Å². The molecule has 0 spiro atoms. The Hall–Kier alpha value is -3.19. The molecule has 3 rings (SSSR count). The Kier molecular flexibility index (Phi) is 3.78. The third-order valence-electron chi connectivity index (χ3n) is 3.58. The zero-order valence-electron chi connectivity index (χ0n) is 12.1. The number of carbonyl (C=O) groups is 1. The smallest absolute Gasteiger partial charge is 0.200 e. The van der Waals surface area contributed by atoms with Crippen LogP contribution in [0.25, 0.3) is 10.9 Å². The maximum atomic E-state index is 13.5. The second-order valence-corrected chi connectivity index (χ2v) is 5.06. The maximum absolute atomic E-state index is 13.5. The molecule has 0 radical (unpaired) electrons. The summed E-state index contributed by atoms with van der Waals surface area (Å²) >= 11 is 0. The number of pyridine rings is 1. The van der Waals surface area contributed by atoms with Crippen LogP contribution in [-0.4, -0.2) is 10.4 Å². The quantitative estimate of drug-likeness (QED) is 0.551. The molecule has 0 aliphatic heterocycles. The van der Waals surface area contributed by atoms with Crippen LogP contribution < -0.4 is 5.43 Å². The van der Waals surface area contributed by atoms with E-state index >= 15 is 0 Å². The molecular weight excluding hydrogens is 293 g/mol. The Balaban J connectivity index is 2.30. The van der Waals surface area contributed by atoms with Crippen LogP contribution in [0, 0.1) is 18.2 Å². The number of nitrogens with zero attached hydrogens (tertiary/aromatic N) is 1. The third kappa shape index (κ3) is 2.65. The molecule has 3 aromatic rings. The van der Waals surface area contributed by atoms with Crippen molar-refractivity contribution in [3.63, 3.8) is 0 Å². The highest BCUT2D eigenvalue weighted by Crippen LogP contribution is 2.16. The molecule has 0 aliphatic carbocycles. The first-order chi connectivity index (χ1) is 11.1. The number of hydrogen-bond donors (Lipinski definition) is 0. The molecule has 4 heteroatoms. The number of halogens is 1. The highest BCUT2D eigenvalue weighted by Gasteiger charge is 2.17. The topological polar surface area (TPSA) is 39.1 Å². The molecule has 0 saturated carbocycles. The molecule has 1 aromatic heterocycles. The van der Waals surface area contributed by atoms with Gasteiger partial charge < -0.3 is 4.57 Å². The lowest BCUT2D eigenvalue weighted by Gasteiger charge is -2.11. The minimum atomic E-state index is -0.536. The number of hydrogen-bond acceptors (Lipinski definition) is 2. The van der Waals surface area contributed by atoms with Crippen molar-refractivity contribution < 1.29 is 9.18 Å². The summed E-state index contributed by atoms with van der Waals surface area (Å²) in [5.74, 6) is 1.53. The second-order valence-electron chi connectivity index (χ2n) is 5.06. The summed E-state index contributed by atoms with van der Waals surface area (Å²) in [6.45, 7) is 0.178. The first-order valence-corrected chi connectivity index (χ1v) is 6.97. The minimum Gasteiger partial charge on any atom is -0.335 e. The van der Waals surface area contributed by atoms with E-state index in [1.54, 1.807) is 34.9 Å². The van der Waals surface area contributed by atoms with E-state index in [0.717, 1.165) is 6.07 Å². The van der Waals surface area contributed by atoms with Gasteiger partial charge in [-0.05, 0) is 18.2 Å². The highest BCUT2D eigenvalue weighted by atomic mass is 19.1. The summed E-state index contributed by atoms with van der Waals surface area (Å²) in [5.41, 5.74) is 0.373.